The monoisotopic (exact) mass is 179 g/mol. The molecule has 0 heterocycles. The van der Waals surface area contributed by atoms with Crippen LogP contribution in [0.3, 0.4) is 0 Å². The topological polar surface area (TPSA) is 20.3 Å². The minimum absolute atomic E-state index is 0.646. The molecular weight excluding hydrogens is 162 g/mol. The lowest BCUT2D eigenvalue weighted by atomic mass is 10.4. The lowest BCUT2D eigenvalue weighted by molar-refractivity contribution is -0.108. The SMILES string of the molecule is CN(C)CCC=O.c1ccccc1. The fourth-order valence-corrected chi connectivity index (χ4v) is 0.696. The number of hydrogen-bond donors (Lipinski definition) is 0. The largest absolute Gasteiger partial charge is 0.309 e. The maximum atomic E-state index is 9.68. The van der Waals surface area contributed by atoms with E-state index in [4.69, 9.17) is 0 Å². The van der Waals surface area contributed by atoms with E-state index in [0.29, 0.717) is 6.42 Å². The van der Waals surface area contributed by atoms with Gasteiger partial charge in [-0.2, -0.15) is 0 Å². The number of carbonyl (C=O) groups is 1. The van der Waals surface area contributed by atoms with Crippen LogP contribution < -0.4 is 0 Å². The Kier molecular flexibility index (Phi) is 8.15. The minimum Gasteiger partial charge on any atom is -0.309 e. The van der Waals surface area contributed by atoms with Crippen molar-refractivity contribution in [1.29, 1.82) is 0 Å². The first-order valence-corrected chi connectivity index (χ1v) is 4.35. The van der Waals surface area contributed by atoms with Crippen LogP contribution in [0.1, 0.15) is 6.42 Å². The highest BCUT2D eigenvalue weighted by Crippen LogP contribution is 1.79. The molecule has 1 aromatic rings. The third-order valence-electron chi connectivity index (χ3n) is 1.36. The van der Waals surface area contributed by atoms with E-state index in [1.807, 2.05) is 55.4 Å². The Balaban J connectivity index is 0.000000223. The summed E-state index contributed by atoms with van der Waals surface area (Å²) in [6.07, 6.45) is 1.58. The molecule has 0 fully saturated rings. The molecule has 0 amide bonds. The summed E-state index contributed by atoms with van der Waals surface area (Å²) in [7, 11) is 3.90. The molecule has 0 spiro atoms. The molecule has 2 heteroatoms. The maximum absolute atomic E-state index is 9.68. The molecular formula is C11H17NO. The van der Waals surface area contributed by atoms with Crippen LogP contribution in [0.2, 0.25) is 0 Å². The second-order valence-electron chi connectivity index (χ2n) is 2.91. The second-order valence-corrected chi connectivity index (χ2v) is 2.91. The van der Waals surface area contributed by atoms with Crippen LogP contribution >= 0.6 is 0 Å². The molecule has 1 rings (SSSR count). The van der Waals surface area contributed by atoms with E-state index in [9.17, 15) is 4.79 Å². The number of rotatable bonds is 3. The van der Waals surface area contributed by atoms with Gasteiger partial charge in [0.2, 0.25) is 0 Å². The van der Waals surface area contributed by atoms with Gasteiger partial charge in [-0.05, 0) is 14.1 Å². The molecule has 0 aliphatic rings. The smallest absolute Gasteiger partial charge is 0.121 e. The standard InChI is InChI=1S/C6H6.C5H11NO/c1-2-4-6-5-3-1;1-6(2)4-3-5-7/h1-6H;5H,3-4H2,1-2H3. The molecule has 0 unspecified atom stereocenters. The van der Waals surface area contributed by atoms with Gasteiger partial charge in [-0.25, -0.2) is 0 Å². The van der Waals surface area contributed by atoms with Crippen molar-refractivity contribution in [2.45, 2.75) is 6.42 Å². The number of carbonyl (C=O) groups excluding carboxylic acids is 1. The van der Waals surface area contributed by atoms with Gasteiger partial charge in [-0.3, -0.25) is 0 Å². The van der Waals surface area contributed by atoms with Crippen LogP contribution in [0.25, 0.3) is 0 Å². The summed E-state index contributed by atoms with van der Waals surface area (Å²) >= 11 is 0. The van der Waals surface area contributed by atoms with E-state index in [2.05, 4.69) is 0 Å². The molecule has 2 nitrogen and oxygen atoms in total. The zero-order valence-corrected chi connectivity index (χ0v) is 8.31. The maximum Gasteiger partial charge on any atom is 0.121 e. The average molecular weight is 179 g/mol. The molecule has 1 aromatic carbocycles. The Morgan fingerprint density at radius 3 is 1.54 bits per heavy atom. The summed E-state index contributed by atoms with van der Waals surface area (Å²) in [4.78, 5) is 11.7. The van der Waals surface area contributed by atoms with Crippen molar-refractivity contribution in [2.75, 3.05) is 20.6 Å². The molecule has 0 saturated heterocycles. The molecule has 0 aliphatic carbocycles. The van der Waals surface area contributed by atoms with E-state index in [1.165, 1.54) is 0 Å². The van der Waals surface area contributed by atoms with Crippen LogP contribution in [-0.4, -0.2) is 31.8 Å². The van der Waals surface area contributed by atoms with Gasteiger partial charge in [-0.15, -0.1) is 0 Å². The molecule has 0 saturated carbocycles. The van der Waals surface area contributed by atoms with Gasteiger partial charge in [0.25, 0.3) is 0 Å². The van der Waals surface area contributed by atoms with Crippen molar-refractivity contribution in [3.63, 3.8) is 0 Å². The fraction of sp³-hybridized carbons (Fsp3) is 0.364. The van der Waals surface area contributed by atoms with E-state index >= 15 is 0 Å². The van der Waals surface area contributed by atoms with Crippen LogP contribution in [-0.2, 0) is 4.79 Å². The Morgan fingerprint density at radius 1 is 1.00 bits per heavy atom. The molecule has 0 aliphatic heterocycles. The van der Waals surface area contributed by atoms with Crippen molar-refractivity contribution in [3.05, 3.63) is 36.4 Å². The highest BCUT2D eigenvalue weighted by Gasteiger charge is 1.83. The molecule has 0 aromatic heterocycles. The summed E-state index contributed by atoms with van der Waals surface area (Å²) in [5.74, 6) is 0. The van der Waals surface area contributed by atoms with Crippen LogP contribution in [0.5, 0.6) is 0 Å². The van der Waals surface area contributed by atoms with E-state index in [0.717, 1.165) is 12.8 Å². The summed E-state index contributed by atoms with van der Waals surface area (Å²) in [6.45, 7) is 0.865. The van der Waals surface area contributed by atoms with Gasteiger partial charge >= 0.3 is 0 Å². The first-order valence-electron chi connectivity index (χ1n) is 4.35. The predicted octanol–water partition coefficient (Wildman–Crippen LogP) is 1.82. The third-order valence-corrected chi connectivity index (χ3v) is 1.36. The molecule has 13 heavy (non-hydrogen) atoms. The van der Waals surface area contributed by atoms with E-state index in [1.54, 1.807) is 0 Å². The second kappa shape index (κ2) is 8.94. The molecule has 72 valence electrons. The molecule has 0 N–H and O–H groups in total. The molecule has 0 radical (unpaired) electrons. The normalized spacial score (nSPS) is 8.85. The Labute approximate surface area is 80.2 Å². The first kappa shape index (κ1) is 11.8. The van der Waals surface area contributed by atoms with Crippen molar-refractivity contribution < 1.29 is 4.79 Å². The first-order chi connectivity index (χ1) is 6.27. The Bertz CT molecular complexity index is 170. The van der Waals surface area contributed by atoms with Gasteiger partial charge < -0.3 is 9.69 Å². The Hall–Kier alpha value is -1.15. The van der Waals surface area contributed by atoms with E-state index in [-0.39, 0.29) is 0 Å². The average Bonchev–Trinajstić information content (AvgIpc) is 2.18. The fourth-order valence-electron chi connectivity index (χ4n) is 0.696. The van der Waals surface area contributed by atoms with Gasteiger partial charge in [0.05, 0.1) is 0 Å². The number of benzene rings is 1. The predicted molar refractivity (Wildman–Crippen MR) is 55.7 cm³/mol. The number of aldehydes is 1. The van der Waals surface area contributed by atoms with Crippen molar-refractivity contribution >= 4 is 6.29 Å². The highest BCUT2D eigenvalue weighted by atomic mass is 16.1. The summed E-state index contributed by atoms with van der Waals surface area (Å²) < 4.78 is 0. The van der Waals surface area contributed by atoms with Crippen LogP contribution in [0, 0.1) is 0 Å². The van der Waals surface area contributed by atoms with Crippen LogP contribution in [0.15, 0.2) is 36.4 Å². The molecule has 0 bridgehead atoms. The third kappa shape index (κ3) is 10.8. The van der Waals surface area contributed by atoms with Crippen molar-refractivity contribution in [1.82, 2.24) is 4.90 Å². The zero-order valence-electron chi connectivity index (χ0n) is 8.31. The lowest BCUT2D eigenvalue weighted by Gasteiger charge is -2.03. The summed E-state index contributed by atoms with van der Waals surface area (Å²) in [6, 6.07) is 12.0. The van der Waals surface area contributed by atoms with Crippen molar-refractivity contribution in [2.24, 2.45) is 0 Å². The van der Waals surface area contributed by atoms with Gasteiger partial charge in [0.1, 0.15) is 6.29 Å². The number of hydrogen-bond acceptors (Lipinski definition) is 2. The van der Waals surface area contributed by atoms with Crippen molar-refractivity contribution in [3.8, 4) is 0 Å². The lowest BCUT2D eigenvalue weighted by Crippen LogP contribution is -2.12. The summed E-state index contributed by atoms with van der Waals surface area (Å²) in [5.41, 5.74) is 0. The minimum atomic E-state index is 0.646. The molecule has 0 atom stereocenters. The van der Waals surface area contributed by atoms with Gasteiger partial charge in [0.15, 0.2) is 0 Å². The number of nitrogens with zero attached hydrogens (tertiary/aromatic N) is 1. The van der Waals surface area contributed by atoms with Crippen LogP contribution in [0.4, 0.5) is 0 Å². The zero-order chi connectivity index (χ0) is 9.94. The Morgan fingerprint density at radius 2 is 1.38 bits per heavy atom. The van der Waals surface area contributed by atoms with E-state index < -0.39 is 0 Å². The van der Waals surface area contributed by atoms with Gasteiger partial charge in [-0.1, -0.05) is 36.4 Å². The quantitative estimate of drug-likeness (QED) is 0.660. The summed E-state index contributed by atoms with van der Waals surface area (Å²) in [5, 5.41) is 0. The van der Waals surface area contributed by atoms with Gasteiger partial charge in [0, 0.05) is 13.0 Å². The highest BCUT2D eigenvalue weighted by molar-refractivity contribution is 5.49.